The van der Waals surface area contributed by atoms with Gasteiger partial charge >= 0.3 is 11.8 Å². The second-order valence-corrected chi connectivity index (χ2v) is 2.66. The summed E-state index contributed by atoms with van der Waals surface area (Å²) in [6.07, 6.45) is 1.19. The fourth-order valence-corrected chi connectivity index (χ4v) is 0.956. The zero-order valence-electron chi connectivity index (χ0n) is 7.98. The minimum Gasteiger partial charge on any atom is -0.710 e. The third-order valence-electron chi connectivity index (χ3n) is 1.54. The summed E-state index contributed by atoms with van der Waals surface area (Å²) in [7, 11) is 0. The highest BCUT2D eigenvalue weighted by Crippen LogP contribution is 2.05. The van der Waals surface area contributed by atoms with Crippen LogP contribution in [0.4, 0.5) is 5.82 Å². The van der Waals surface area contributed by atoms with Gasteiger partial charge in [0, 0.05) is 0 Å². The Balaban J connectivity index is 3.13. The Morgan fingerprint density at radius 1 is 1.79 bits per heavy atom. The predicted octanol–water partition coefficient (Wildman–Crippen LogP) is -0.218. The standard InChI is InChI=1S/C8H11N3O3/c1-3-14-8(12)6-7(9)11(13)4-5(2)10-6/h4H,3,9H2,1-2H3. The molecule has 6 heteroatoms. The van der Waals surface area contributed by atoms with E-state index in [0.717, 1.165) is 0 Å². The lowest BCUT2D eigenvalue weighted by molar-refractivity contribution is -0.591. The maximum absolute atomic E-state index is 11.3. The molecule has 0 spiro atoms. The number of ether oxygens (including phenoxy) is 1. The first-order chi connectivity index (χ1) is 6.56. The van der Waals surface area contributed by atoms with E-state index in [1.807, 2.05) is 0 Å². The number of nitrogen functional groups attached to an aromatic ring is 1. The van der Waals surface area contributed by atoms with Crippen molar-refractivity contribution in [2.45, 2.75) is 13.8 Å². The highest BCUT2D eigenvalue weighted by Gasteiger charge is 2.19. The van der Waals surface area contributed by atoms with Gasteiger partial charge < -0.3 is 9.94 Å². The molecule has 0 amide bonds. The summed E-state index contributed by atoms with van der Waals surface area (Å²) >= 11 is 0. The second-order valence-electron chi connectivity index (χ2n) is 2.66. The zero-order valence-corrected chi connectivity index (χ0v) is 7.98. The second kappa shape index (κ2) is 3.91. The molecule has 0 fully saturated rings. The van der Waals surface area contributed by atoms with Crippen molar-refractivity contribution < 1.29 is 14.3 Å². The van der Waals surface area contributed by atoms with E-state index in [1.165, 1.54) is 6.20 Å². The average molecular weight is 197 g/mol. The summed E-state index contributed by atoms with van der Waals surface area (Å²) in [4.78, 5) is 15.1. The molecular weight excluding hydrogens is 186 g/mol. The van der Waals surface area contributed by atoms with Crippen molar-refractivity contribution in [2.24, 2.45) is 0 Å². The van der Waals surface area contributed by atoms with Crippen molar-refractivity contribution in [2.75, 3.05) is 12.3 Å². The molecular formula is C8H11N3O3. The third kappa shape index (κ3) is 1.90. The summed E-state index contributed by atoms with van der Waals surface area (Å²) in [5.74, 6) is -0.924. The van der Waals surface area contributed by atoms with E-state index in [0.29, 0.717) is 10.4 Å². The summed E-state index contributed by atoms with van der Waals surface area (Å²) in [6, 6.07) is 0. The number of aryl methyl sites for hydroxylation is 1. The van der Waals surface area contributed by atoms with Gasteiger partial charge in [0.2, 0.25) is 5.69 Å². The SMILES string of the molecule is CCOC(=O)c1nc(C)c[n+]([O-])c1N. The van der Waals surface area contributed by atoms with E-state index in [4.69, 9.17) is 5.73 Å². The predicted molar refractivity (Wildman–Crippen MR) is 48.3 cm³/mol. The molecule has 0 aliphatic heterocycles. The van der Waals surface area contributed by atoms with Gasteiger partial charge in [-0.05, 0) is 13.8 Å². The molecule has 2 N–H and O–H groups in total. The van der Waals surface area contributed by atoms with Crippen LogP contribution < -0.4 is 10.5 Å². The van der Waals surface area contributed by atoms with E-state index >= 15 is 0 Å². The van der Waals surface area contributed by atoms with E-state index in [9.17, 15) is 10.0 Å². The van der Waals surface area contributed by atoms with Gasteiger partial charge in [-0.2, -0.15) is 0 Å². The minimum atomic E-state index is -0.682. The number of anilines is 1. The molecule has 1 aromatic rings. The number of carbonyl (C=O) groups is 1. The van der Waals surface area contributed by atoms with Crippen molar-refractivity contribution in [3.8, 4) is 0 Å². The zero-order chi connectivity index (χ0) is 10.7. The molecule has 1 aromatic heterocycles. The lowest BCUT2D eigenvalue weighted by Crippen LogP contribution is -2.34. The Kier molecular flexibility index (Phi) is 2.85. The van der Waals surface area contributed by atoms with Gasteiger partial charge in [-0.15, -0.1) is 0 Å². The number of carbonyl (C=O) groups excluding carboxylic acids is 1. The fraction of sp³-hybridized carbons (Fsp3) is 0.375. The van der Waals surface area contributed by atoms with Crippen LogP contribution in [0.2, 0.25) is 0 Å². The molecule has 0 aliphatic carbocycles. The van der Waals surface area contributed by atoms with Gasteiger partial charge in [0.1, 0.15) is 6.20 Å². The molecule has 1 rings (SSSR count). The molecule has 0 atom stereocenters. The van der Waals surface area contributed by atoms with Gasteiger partial charge in [-0.25, -0.2) is 14.5 Å². The Morgan fingerprint density at radius 2 is 2.43 bits per heavy atom. The van der Waals surface area contributed by atoms with Crippen LogP contribution in [-0.4, -0.2) is 17.6 Å². The van der Waals surface area contributed by atoms with Gasteiger partial charge in [0.25, 0.3) is 0 Å². The highest BCUT2D eigenvalue weighted by molar-refractivity contribution is 5.91. The average Bonchev–Trinajstić information content (AvgIpc) is 2.11. The van der Waals surface area contributed by atoms with Crippen LogP contribution in [0.15, 0.2) is 6.20 Å². The van der Waals surface area contributed by atoms with E-state index in [2.05, 4.69) is 9.72 Å². The smallest absolute Gasteiger partial charge is 0.365 e. The van der Waals surface area contributed by atoms with Crippen molar-refractivity contribution in [3.63, 3.8) is 0 Å². The van der Waals surface area contributed by atoms with E-state index in [1.54, 1.807) is 13.8 Å². The lowest BCUT2D eigenvalue weighted by atomic mass is 10.4. The summed E-state index contributed by atoms with van der Waals surface area (Å²) in [5.41, 5.74) is 5.65. The van der Waals surface area contributed by atoms with Crippen LogP contribution in [0.3, 0.4) is 0 Å². The largest absolute Gasteiger partial charge is 0.710 e. The van der Waals surface area contributed by atoms with Crippen LogP contribution in [0.25, 0.3) is 0 Å². The molecule has 6 nitrogen and oxygen atoms in total. The van der Waals surface area contributed by atoms with E-state index < -0.39 is 5.97 Å². The van der Waals surface area contributed by atoms with Gasteiger partial charge in [0.05, 0.1) is 12.3 Å². The van der Waals surface area contributed by atoms with Crippen LogP contribution in [0, 0.1) is 12.1 Å². The van der Waals surface area contributed by atoms with Crippen molar-refractivity contribution in [1.29, 1.82) is 0 Å². The first-order valence-electron chi connectivity index (χ1n) is 4.09. The quantitative estimate of drug-likeness (QED) is 0.402. The Labute approximate surface area is 80.9 Å². The number of nitrogens with zero attached hydrogens (tertiary/aromatic N) is 2. The van der Waals surface area contributed by atoms with Crippen LogP contribution in [0.1, 0.15) is 23.1 Å². The molecule has 0 aliphatic rings. The van der Waals surface area contributed by atoms with Crippen LogP contribution in [0.5, 0.6) is 0 Å². The highest BCUT2D eigenvalue weighted by atomic mass is 16.5. The Morgan fingerprint density at radius 3 is 3.00 bits per heavy atom. The topological polar surface area (TPSA) is 92.1 Å². The Bertz CT molecular complexity index is 365. The molecule has 0 saturated carbocycles. The van der Waals surface area contributed by atoms with Crippen LogP contribution >= 0.6 is 0 Å². The number of nitrogens with two attached hydrogens (primary N) is 1. The molecule has 0 bridgehead atoms. The third-order valence-corrected chi connectivity index (χ3v) is 1.54. The maximum atomic E-state index is 11.3. The number of aromatic nitrogens is 2. The lowest BCUT2D eigenvalue weighted by Gasteiger charge is -2.08. The molecule has 0 saturated heterocycles. The number of hydrogen-bond acceptors (Lipinski definition) is 5. The van der Waals surface area contributed by atoms with Crippen LogP contribution in [-0.2, 0) is 4.74 Å². The molecule has 14 heavy (non-hydrogen) atoms. The molecule has 0 unspecified atom stereocenters. The monoisotopic (exact) mass is 197 g/mol. The first kappa shape index (κ1) is 10.2. The summed E-state index contributed by atoms with van der Waals surface area (Å²) in [6.45, 7) is 3.47. The number of hydrogen-bond donors (Lipinski definition) is 1. The summed E-state index contributed by atoms with van der Waals surface area (Å²) in [5, 5.41) is 11.1. The molecule has 76 valence electrons. The Hall–Kier alpha value is -1.85. The minimum absolute atomic E-state index is 0.137. The van der Waals surface area contributed by atoms with Crippen molar-refractivity contribution in [1.82, 2.24) is 4.98 Å². The van der Waals surface area contributed by atoms with Gasteiger partial charge in [-0.3, -0.25) is 5.73 Å². The fourth-order valence-electron chi connectivity index (χ4n) is 0.956. The number of esters is 1. The van der Waals surface area contributed by atoms with Gasteiger partial charge in [-0.1, -0.05) is 0 Å². The molecule has 1 heterocycles. The van der Waals surface area contributed by atoms with Gasteiger partial charge in [0.15, 0.2) is 0 Å². The number of rotatable bonds is 2. The van der Waals surface area contributed by atoms with E-state index in [-0.39, 0.29) is 18.1 Å². The van der Waals surface area contributed by atoms with Crippen molar-refractivity contribution >= 4 is 11.8 Å². The normalized spacial score (nSPS) is 9.86. The molecule has 0 radical (unpaired) electrons. The molecule has 0 aromatic carbocycles. The maximum Gasteiger partial charge on any atom is 0.365 e. The first-order valence-corrected chi connectivity index (χ1v) is 4.09. The summed E-state index contributed by atoms with van der Waals surface area (Å²) < 4.78 is 5.08. The van der Waals surface area contributed by atoms with Crippen molar-refractivity contribution in [3.05, 3.63) is 22.8 Å².